The van der Waals surface area contributed by atoms with Gasteiger partial charge in [0.15, 0.2) is 0 Å². The predicted molar refractivity (Wildman–Crippen MR) is 106 cm³/mol. The van der Waals surface area contributed by atoms with Crippen LogP contribution in [0.5, 0.6) is 0 Å². The van der Waals surface area contributed by atoms with Gasteiger partial charge in [0.05, 0.1) is 0 Å². The second kappa shape index (κ2) is 7.71. The lowest BCUT2D eigenvalue weighted by Gasteiger charge is -2.32. The molecule has 1 amide bonds. The maximum atomic E-state index is 13.0. The van der Waals surface area contributed by atoms with Gasteiger partial charge >= 0.3 is 0 Å². The first-order valence-corrected chi connectivity index (χ1v) is 9.86. The number of likely N-dealkylation sites (tertiary alicyclic amines) is 1. The number of imidazole rings is 1. The topological polar surface area (TPSA) is 60.1 Å². The molecule has 1 saturated heterocycles. The van der Waals surface area contributed by atoms with E-state index in [0.29, 0.717) is 25.0 Å². The van der Waals surface area contributed by atoms with E-state index in [0.717, 1.165) is 36.3 Å². The largest absolute Gasteiger partial charge is 0.338 e. The fourth-order valence-electron chi connectivity index (χ4n) is 4.19. The van der Waals surface area contributed by atoms with E-state index in [1.807, 2.05) is 31.1 Å². The third-order valence-electron chi connectivity index (χ3n) is 5.72. The summed E-state index contributed by atoms with van der Waals surface area (Å²) in [4.78, 5) is 32.0. The average molecular weight is 370 g/mol. The fraction of sp³-hybridized carbons (Fsp3) is 0.571. The molecular weight excluding hydrogens is 340 g/mol. The minimum Gasteiger partial charge on any atom is -0.338 e. The zero-order chi connectivity index (χ0) is 19.7. The maximum absolute atomic E-state index is 13.0. The molecule has 6 heteroatoms. The van der Waals surface area contributed by atoms with Crippen LogP contribution < -0.4 is 5.56 Å². The zero-order valence-corrected chi connectivity index (χ0v) is 17.0. The first kappa shape index (κ1) is 19.4. The van der Waals surface area contributed by atoms with Gasteiger partial charge in [-0.1, -0.05) is 6.92 Å². The van der Waals surface area contributed by atoms with Crippen molar-refractivity contribution in [3.8, 4) is 0 Å². The number of hydrogen-bond acceptors (Lipinski definition) is 3. The van der Waals surface area contributed by atoms with Crippen LogP contribution >= 0.6 is 0 Å². The second-order valence-corrected chi connectivity index (χ2v) is 7.76. The highest BCUT2D eigenvalue weighted by Gasteiger charge is 2.29. The van der Waals surface area contributed by atoms with Gasteiger partial charge in [-0.15, -0.1) is 0 Å². The molecule has 0 aliphatic carbocycles. The van der Waals surface area contributed by atoms with Crippen molar-refractivity contribution in [2.24, 2.45) is 7.05 Å². The van der Waals surface area contributed by atoms with Crippen LogP contribution in [0.3, 0.4) is 0 Å². The third kappa shape index (κ3) is 3.57. The minimum atomic E-state index is -0.195. The average Bonchev–Trinajstić information content (AvgIpc) is 3.15. The van der Waals surface area contributed by atoms with Gasteiger partial charge in [-0.05, 0) is 51.7 Å². The lowest BCUT2D eigenvalue weighted by molar-refractivity contribution is 0.0707. The molecule has 2 aromatic heterocycles. The number of carbonyl (C=O) groups excluding carboxylic acids is 1. The molecule has 3 heterocycles. The van der Waals surface area contributed by atoms with Gasteiger partial charge in [0.25, 0.3) is 11.5 Å². The van der Waals surface area contributed by atoms with E-state index in [4.69, 9.17) is 0 Å². The van der Waals surface area contributed by atoms with Gasteiger partial charge in [0.2, 0.25) is 0 Å². The number of pyridine rings is 1. The highest BCUT2D eigenvalue weighted by atomic mass is 16.2. The molecule has 0 saturated carbocycles. The van der Waals surface area contributed by atoms with Crippen molar-refractivity contribution in [2.45, 2.75) is 58.9 Å². The Morgan fingerprint density at radius 3 is 2.56 bits per heavy atom. The highest BCUT2D eigenvalue weighted by molar-refractivity contribution is 5.94. The SMILES string of the molecule is CCc1c(C)cc(C(=O)N2CCC(c3nccn3C(C)C)CC2)c(=O)n1C. The molecule has 0 aromatic carbocycles. The number of nitrogens with zero attached hydrogens (tertiary/aromatic N) is 4. The normalized spacial score (nSPS) is 15.6. The summed E-state index contributed by atoms with van der Waals surface area (Å²) in [5, 5.41) is 0. The maximum Gasteiger partial charge on any atom is 0.263 e. The standard InChI is InChI=1S/C21H30N4O2/c1-6-18-15(4)13-17(20(26)23(18)5)21(27)24-10-7-16(8-11-24)19-22-9-12-25(19)14(2)3/h9,12-14,16H,6-8,10-11H2,1-5H3. The Bertz CT molecular complexity index is 886. The van der Waals surface area contributed by atoms with Crippen molar-refractivity contribution >= 4 is 5.91 Å². The summed E-state index contributed by atoms with van der Waals surface area (Å²) in [7, 11) is 1.75. The number of piperidine rings is 1. The summed E-state index contributed by atoms with van der Waals surface area (Å²) in [6, 6.07) is 2.14. The quantitative estimate of drug-likeness (QED) is 0.831. The van der Waals surface area contributed by atoms with E-state index in [-0.39, 0.29) is 17.0 Å². The molecule has 1 fully saturated rings. The molecular formula is C21H30N4O2. The second-order valence-electron chi connectivity index (χ2n) is 7.76. The van der Waals surface area contributed by atoms with E-state index in [1.165, 1.54) is 0 Å². The number of aryl methyl sites for hydroxylation is 1. The molecule has 0 spiro atoms. The molecule has 146 valence electrons. The van der Waals surface area contributed by atoms with Crippen molar-refractivity contribution < 1.29 is 4.79 Å². The van der Waals surface area contributed by atoms with Gasteiger partial charge in [-0.3, -0.25) is 9.59 Å². The molecule has 3 rings (SSSR count). The summed E-state index contributed by atoms with van der Waals surface area (Å²) in [5.41, 5.74) is 2.07. The van der Waals surface area contributed by atoms with E-state index >= 15 is 0 Å². The van der Waals surface area contributed by atoms with E-state index < -0.39 is 0 Å². The Kier molecular flexibility index (Phi) is 5.53. The third-order valence-corrected chi connectivity index (χ3v) is 5.72. The Hall–Kier alpha value is -2.37. The molecule has 0 N–H and O–H groups in total. The van der Waals surface area contributed by atoms with Crippen LogP contribution in [-0.2, 0) is 13.5 Å². The summed E-state index contributed by atoms with van der Waals surface area (Å²) >= 11 is 0. The number of carbonyl (C=O) groups is 1. The van der Waals surface area contributed by atoms with E-state index in [2.05, 4.69) is 23.4 Å². The predicted octanol–water partition coefficient (Wildman–Crippen LogP) is 3.05. The molecule has 2 aromatic rings. The molecule has 0 bridgehead atoms. The lowest BCUT2D eigenvalue weighted by Crippen LogP contribution is -2.41. The van der Waals surface area contributed by atoms with Crippen LogP contribution in [0, 0.1) is 6.92 Å². The van der Waals surface area contributed by atoms with Gasteiger partial charge in [0, 0.05) is 50.2 Å². The van der Waals surface area contributed by atoms with Crippen LogP contribution in [-0.4, -0.2) is 38.0 Å². The van der Waals surface area contributed by atoms with Crippen LogP contribution in [0.25, 0.3) is 0 Å². The number of aromatic nitrogens is 3. The first-order chi connectivity index (χ1) is 12.8. The Morgan fingerprint density at radius 1 is 1.30 bits per heavy atom. The van der Waals surface area contributed by atoms with E-state index in [9.17, 15) is 9.59 Å². The van der Waals surface area contributed by atoms with Crippen molar-refractivity contribution in [1.82, 2.24) is 19.0 Å². The van der Waals surface area contributed by atoms with Crippen LogP contribution in [0.15, 0.2) is 23.3 Å². The van der Waals surface area contributed by atoms with Crippen molar-refractivity contribution in [2.75, 3.05) is 13.1 Å². The Labute approximate surface area is 160 Å². The van der Waals surface area contributed by atoms with Gasteiger partial charge < -0.3 is 14.0 Å². The summed E-state index contributed by atoms with van der Waals surface area (Å²) in [5.74, 6) is 1.32. The van der Waals surface area contributed by atoms with Crippen molar-refractivity contribution in [3.05, 3.63) is 51.5 Å². The monoisotopic (exact) mass is 370 g/mol. The van der Waals surface area contributed by atoms with Crippen LogP contribution in [0.1, 0.15) is 73.0 Å². The molecule has 0 radical (unpaired) electrons. The Balaban J connectivity index is 1.76. The fourth-order valence-corrected chi connectivity index (χ4v) is 4.19. The minimum absolute atomic E-state index is 0.146. The number of hydrogen-bond donors (Lipinski definition) is 0. The van der Waals surface area contributed by atoms with E-state index in [1.54, 1.807) is 17.7 Å². The Morgan fingerprint density at radius 2 is 1.96 bits per heavy atom. The highest BCUT2D eigenvalue weighted by Crippen LogP contribution is 2.29. The van der Waals surface area contributed by atoms with Crippen molar-refractivity contribution in [3.63, 3.8) is 0 Å². The summed E-state index contributed by atoms with van der Waals surface area (Å²) < 4.78 is 3.83. The zero-order valence-electron chi connectivity index (χ0n) is 17.0. The smallest absolute Gasteiger partial charge is 0.263 e. The molecule has 0 unspecified atom stereocenters. The van der Waals surface area contributed by atoms with Gasteiger partial charge in [-0.2, -0.15) is 0 Å². The summed E-state index contributed by atoms with van der Waals surface area (Å²) in [6.07, 6.45) is 6.41. The lowest BCUT2D eigenvalue weighted by atomic mass is 9.95. The number of amides is 1. The molecule has 1 aliphatic rings. The molecule has 0 atom stereocenters. The summed E-state index contributed by atoms with van der Waals surface area (Å²) in [6.45, 7) is 9.62. The van der Waals surface area contributed by atoms with Crippen molar-refractivity contribution in [1.29, 1.82) is 0 Å². The van der Waals surface area contributed by atoms with Gasteiger partial charge in [-0.25, -0.2) is 4.98 Å². The van der Waals surface area contributed by atoms with Crippen LogP contribution in [0.2, 0.25) is 0 Å². The molecule has 6 nitrogen and oxygen atoms in total. The number of rotatable bonds is 4. The van der Waals surface area contributed by atoms with Crippen LogP contribution in [0.4, 0.5) is 0 Å². The first-order valence-electron chi connectivity index (χ1n) is 9.86. The van der Waals surface area contributed by atoms with Gasteiger partial charge in [0.1, 0.15) is 11.4 Å². The molecule has 1 aliphatic heterocycles. The molecule has 27 heavy (non-hydrogen) atoms.